The van der Waals surface area contributed by atoms with Gasteiger partial charge in [0.15, 0.2) is 11.3 Å². The van der Waals surface area contributed by atoms with Gasteiger partial charge in [0.05, 0.1) is 25.7 Å². The molecule has 1 aliphatic carbocycles. The van der Waals surface area contributed by atoms with Crippen molar-refractivity contribution in [3.05, 3.63) is 46.8 Å². The Morgan fingerprint density at radius 2 is 1.84 bits per heavy atom. The summed E-state index contributed by atoms with van der Waals surface area (Å²) in [4.78, 5) is 21.4. The summed E-state index contributed by atoms with van der Waals surface area (Å²) in [6.07, 6.45) is 1.97. The van der Waals surface area contributed by atoms with Crippen LogP contribution in [0.1, 0.15) is 50.1 Å². The molecule has 170 valence electrons. The molecule has 0 radical (unpaired) electrons. The molecule has 0 unspecified atom stereocenters. The van der Waals surface area contributed by atoms with Gasteiger partial charge in [0.25, 0.3) is 0 Å². The first-order valence-electron chi connectivity index (χ1n) is 10.7. The second-order valence-corrected chi connectivity index (χ2v) is 11.8. The summed E-state index contributed by atoms with van der Waals surface area (Å²) in [6.45, 7) is 10.2. The molecule has 6 nitrogen and oxygen atoms in total. The molecule has 0 saturated heterocycles. The van der Waals surface area contributed by atoms with Crippen LogP contribution in [0.5, 0.6) is 5.75 Å². The maximum Gasteiger partial charge on any atom is 0.402 e. The maximum atomic E-state index is 13.0. The SMILES string of the molecule is COc1cc[n+](-c2nc3cc4c(cc3[nH]2)C(C)(C)C(=O)C4(C)C)c(CSSCCO)c1C. The van der Waals surface area contributed by atoms with Gasteiger partial charge in [-0.1, -0.05) is 26.6 Å². The van der Waals surface area contributed by atoms with E-state index in [1.165, 1.54) is 0 Å². The zero-order chi connectivity index (χ0) is 23.3. The molecule has 32 heavy (non-hydrogen) atoms. The molecular weight excluding hydrogens is 442 g/mol. The van der Waals surface area contributed by atoms with Gasteiger partial charge in [-0.2, -0.15) is 0 Å². The molecule has 4 rings (SSSR count). The number of nitrogens with zero attached hydrogens (tertiary/aromatic N) is 2. The molecule has 0 atom stereocenters. The lowest BCUT2D eigenvalue weighted by Gasteiger charge is -2.21. The minimum absolute atomic E-state index is 0.165. The Morgan fingerprint density at radius 1 is 1.16 bits per heavy atom. The quantitative estimate of drug-likeness (QED) is 0.305. The highest BCUT2D eigenvalue weighted by Crippen LogP contribution is 2.47. The van der Waals surface area contributed by atoms with Gasteiger partial charge >= 0.3 is 5.95 Å². The third-order valence-electron chi connectivity index (χ3n) is 6.46. The maximum absolute atomic E-state index is 13.0. The second-order valence-electron chi connectivity index (χ2n) is 9.19. The number of aromatic nitrogens is 3. The molecular formula is C24H30N3O3S2+. The Balaban J connectivity index is 1.81. The van der Waals surface area contributed by atoms with Crippen LogP contribution >= 0.6 is 21.6 Å². The number of carbonyl (C=O) groups excluding carboxylic acids is 1. The Hall–Kier alpha value is -2.03. The Bertz CT molecular complexity index is 1150. The third kappa shape index (κ3) is 3.62. The van der Waals surface area contributed by atoms with Crippen molar-refractivity contribution in [2.24, 2.45) is 0 Å². The lowest BCUT2D eigenvalue weighted by Crippen LogP contribution is -2.37. The number of methoxy groups -OCH3 is 1. The van der Waals surface area contributed by atoms with E-state index in [2.05, 4.69) is 28.6 Å². The zero-order valence-electron chi connectivity index (χ0n) is 19.4. The number of fused-ring (bicyclic) bond motifs is 2. The molecule has 0 amide bonds. The number of imidazole rings is 1. The number of Topliss-reactive ketones (excluding diaryl/α,β-unsaturated/α-hetero) is 1. The van der Waals surface area contributed by atoms with E-state index in [1.54, 1.807) is 28.7 Å². The highest BCUT2D eigenvalue weighted by atomic mass is 33.1. The lowest BCUT2D eigenvalue weighted by atomic mass is 9.80. The number of pyridine rings is 1. The molecule has 2 heterocycles. The van der Waals surface area contributed by atoms with Gasteiger partial charge in [-0.15, -0.1) is 0 Å². The highest BCUT2D eigenvalue weighted by Gasteiger charge is 2.50. The van der Waals surface area contributed by atoms with Crippen LogP contribution in [0.4, 0.5) is 0 Å². The Morgan fingerprint density at radius 3 is 2.50 bits per heavy atom. The number of aromatic amines is 1. The molecule has 3 aromatic rings. The van der Waals surface area contributed by atoms with Crippen LogP contribution < -0.4 is 9.30 Å². The van der Waals surface area contributed by atoms with Crippen LogP contribution in [-0.2, 0) is 21.4 Å². The molecule has 1 aromatic carbocycles. The number of H-pyrrole nitrogens is 1. The van der Waals surface area contributed by atoms with Crippen LogP contribution in [0.25, 0.3) is 17.0 Å². The van der Waals surface area contributed by atoms with E-state index < -0.39 is 10.8 Å². The normalized spacial score (nSPS) is 16.5. The summed E-state index contributed by atoms with van der Waals surface area (Å²) in [5, 5.41) is 9.08. The molecule has 0 aliphatic heterocycles. The molecule has 8 heteroatoms. The summed E-state index contributed by atoms with van der Waals surface area (Å²) in [5.41, 5.74) is 5.01. The minimum atomic E-state index is -0.526. The predicted octanol–water partition coefficient (Wildman–Crippen LogP) is 4.17. The van der Waals surface area contributed by atoms with Crippen LogP contribution in [0.15, 0.2) is 24.4 Å². The van der Waals surface area contributed by atoms with Crippen molar-refractivity contribution < 1.29 is 19.2 Å². The van der Waals surface area contributed by atoms with Gasteiger partial charge in [0.1, 0.15) is 17.0 Å². The highest BCUT2D eigenvalue weighted by molar-refractivity contribution is 8.76. The molecule has 0 spiro atoms. The molecule has 0 bridgehead atoms. The first kappa shape index (κ1) is 23.1. The average molecular weight is 473 g/mol. The molecule has 0 fully saturated rings. The molecule has 0 saturated carbocycles. The van der Waals surface area contributed by atoms with Crippen molar-refractivity contribution in [3.63, 3.8) is 0 Å². The fraction of sp³-hybridized carbons (Fsp3) is 0.458. The van der Waals surface area contributed by atoms with Crippen molar-refractivity contribution in [1.82, 2.24) is 9.97 Å². The largest absolute Gasteiger partial charge is 0.496 e. The van der Waals surface area contributed by atoms with E-state index >= 15 is 0 Å². The van der Waals surface area contributed by atoms with Gasteiger partial charge in [-0.25, -0.2) is 9.55 Å². The lowest BCUT2D eigenvalue weighted by molar-refractivity contribution is -0.610. The van der Waals surface area contributed by atoms with Crippen molar-refractivity contribution in [3.8, 4) is 11.7 Å². The third-order valence-corrected chi connectivity index (χ3v) is 8.72. The fourth-order valence-electron chi connectivity index (χ4n) is 4.69. The van der Waals surface area contributed by atoms with E-state index in [4.69, 9.17) is 14.8 Å². The number of aliphatic hydroxyl groups is 1. The number of rotatable bonds is 7. The average Bonchev–Trinajstić information content (AvgIpc) is 3.23. The van der Waals surface area contributed by atoms with Gasteiger partial charge in [-0.05, 0) is 57.9 Å². The molecule has 2 N–H and O–H groups in total. The van der Waals surface area contributed by atoms with Gasteiger partial charge in [0, 0.05) is 28.2 Å². The van der Waals surface area contributed by atoms with Gasteiger partial charge in [0.2, 0.25) is 0 Å². The van der Waals surface area contributed by atoms with E-state index in [9.17, 15) is 4.79 Å². The number of hydrogen-bond donors (Lipinski definition) is 2. The fourth-order valence-corrected chi connectivity index (χ4v) is 6.59. The first-order valence-corrected chi connectivity index (χ1v) is 13.1. The van der Waals surface area contributed by atoms with E-state index in [1.807, 2.05) is 40.0 Å². The monoisotopic (exact) mass is 472 g/mol. The summed E-state index contributed by atoms with van der Waals surface area (Å²) in [7, 11) is 5.02. The van der Waals surface area contributed by atoms with Crippen molar-refractivity contribution >= 4 is 38.4 Å². The summed E-state index contributed by atoms with van der Waals surface area (Å²) in [6, 6.07) is 6.11. The van der Waals surface area contributed by atoms with Crippen molar-refractivity contribution in [2.75, 3.05) is 19.5 Å². The van der Waals surface area contributed by atoms with E-state index in [0.29, 0.717) is 5.75 Å². The van der Waals surface area contributed by atoms with E-state index in [0.717, 1.165) is 50.9 Å². The number of nitrogens with one attached hydrogen (secondary N) is 1. The molecule has 2 aromatic heterocycles. The van der Waals surface area contributed by atoms with E-state index in [-0.39, 0.29) is 12.4 Å². The number of ketones is 1. The topological polar surface area (TPSA) is 79.1 Å². The van der Waals surface area contributed by atoms with Gasteiger partial charge < -0.3 is 9.84 Å². The standard InChI is InChI=1S/C24H30N3O3S2/c1-14-19(13-32-31-10-9-28)27(8-7-20(14)30-6)22-25-17-11-15-16(12-18(17)26-22)24(4,5)21(29)23(15,2)3/h7-8,11-12,28H,9-10,13H2,1-6H3,(H,25,26)/q+1. The number of carbonyl (C=O) groups is 1. The van der Waals surface area contributed by atoms with Gasteiger partial charge in [-0.3, -0.25) is 4.79 Å². The van der Waals surface area contributed by atoms with Crippen LogP contribution in [0, 0.1) is 6.92 Å². The van der Waals surface area contributed by atoms with Crippen LogP contribution in [-0.4, -0.2) is 40.3 Å². The Kier molecular flexibility index (Phi) is 6.07. The van der Waals surface area contributed by atoms with Crippen LogP contribution in [0.2, 0.25) is 0 Å². The zero-order valence-corrected chi connectivity index (χ0v) is 21.0. The van der Waals surface area contributed by atoms with Crippen molar-refractivity contribution in [2.45, 2.75) is 51.2 Å². The number of aliphatic hydroxyl groups excluding tert-OH is 1. The summed E-state index contributed by atoms with van der Waals surface area (Å²) in [5.74, 6) is 3.25. The number of hydrogen-bond acceptors (Lipinski definition) is 6. The Labute approximate surface area is 196 Å². The minimum Gasteiger partial charge on any atom is -0.496 e. The number of ether oxygens (including phenoxy) is 1. The smallest absolute Gasteiger partial charge is 0.402 e. The predicted molar refractivity (Wildman–Crippen MR) is 131 cm³/mol. The first-order chi connectivity index (χ1) is 15.1. The second kappa shape index (κ2) is 8.39. The molecule has 1 aliphatic rings. The summed E-state index contributed by atoms with van der Waals surface area (Å²) >= 11 is 0. The van der Waals surface area contributed by atoms with Crippen LogP contribution in [0.3, 0.4) is 0 Å². The van der Waals surface area contributed by atoms with Crippen molar-refractivity contribution in [1.29, 1.82) is 0 Å². The number of benzene rings is 1. The summed E-state index contributed by atoms with van der Waals surface area (Å²) < 4.78 is 7.61.